The highest BCUT2D eigenvalue weighted by Gasteiger charge is 2.18. The van der Waals surface area contributed by atoms with Crippen molar-refractivity contribution < 1.29 is 9.53 Å². The Balaban J connectivity index is 2.08. The van der Waals surface area contributed by atoms with Crippen LogP contribution in [0.1, 0.15) is 28.8 Å². The highest BCUT2D eigenvalue weighted by Crippen LogP contribution is 2.16. The number of aryl methyl sites for hydroxylation is 1. The SMILES string of the molecule is Cc1ccc(-n2c(=O)c(C=O)cn(CC3CCOCC3)c2=O)cc1. The Kier molecular flexibility index (Phi) is 4.76. The van der Waals surface area contributed by atoms with E-state index in [2.05, 4.69) is 0 Å². The van der Waals surface area contributed by atoms with E-state index in [1.165, 1.54) is 10.8 Å². The Morgan fingerprint density at radius 1 is 1.17 bits per heavy atom. The van der Waals surface area contributed by atoms with E-state index in [9.17, 15) is 14.4 Å². The molecule has 3 rings (SSSR count). The smallest absolute Gasteiger partial charge is 0.335 e. The first-order valence-electron chi connectivity index (χ1n) is 8.06. The van der Waals surface area contributed by atoms with Gasteiger partial charge in [-0.15, -0.1) is 0 Å². The van der Waals surface area contributed by atoms with Gasteiger partial charge >= 0.3 is 5.69 Å². The highest BCUT2D eigenvalue weighted by molar-refractivity contribution is 5.73. The van der Waals surface area contributed by atoms with Crippen LogP contribution in [0, 0.1) is 12.8 Å². The second kappa shape index (κ2) is 6.97. The third kappa shape index (κ3) is 3.23. The molecule has 0 amide bonds. The first kappa shape index (κ1) is 16.4. The van der Waals surface area contributed by atoms with Gasteiger partial charge in [0.15, 0.2) is 6.29 Å². The molecule has 0 spiro atoms. The number of rotatable bonds is 4. The van der Waals surface area contributed by atoms with E-state index in [1.54, 1.807) is 12.1 Å². The van der Waals surface area contributed by atoms with Gasteiger partial charge in [0.2, 0.25) is 0 Å². The summed E-state index contributed by atoms with van der Waals surface area (Å²) in [4.78, 5) is 36.5. The number of nitrogens with zero attached hydrogens (tertiary/aromatic N) is 2. The molecule has 6 nitrogen and oxygen atoms in total. The molecule has 6 heteroatoms. The summed E-state index contributed by atoms with van der Waals surface area (Å²) in [5, 5.41) is 0. The lowest BCUT2D eigenvalue weighted by Gasteiger charge is -2.23. The molecule has 0 N–H and O–H groups in total. The van der Waals surface area contributed by atoms with E-state index in [4.69, 9.17) is 4.74 Å². The van der Waals surface area contributed by atoms with Crippen LogP contribution in [-0.4, -0.2) is 28.6 Å². The standard InChI is InChI=1S/C18H20N2O4/c1-13-2-4-16(5-3-13)20-17(22)15(12-21)11-19(18(20)23)10-14-6-8-24-9-7-14/h2-5,11-12,14H,6-10H2,1H3. The second-order valence-corrected chi connectivity index (χ2v) is 6.17. The molecule has 0 aliphatic carbocycles. The minimum Gasteiger partial charge on any atom is -0.381 e. The molecule has 24 heavy (non-hydrogen) atoms. The van der Waals surface area contributed by atoms with Gasteiger partial charge in [0.05, 0.1) is 11.3 Å². The normalized spacial score (nSPS) is 15.4. The van der Waals surface area contributed by atoms with Crippen LogP contribution in [0.15, 0.2) is 40.1 Å². The van der Waals surface area contributed by atoms with E-state index in [0.29, 0.717) is 37.6 Å². The van der Waals surface area contributed by atoms with Crippen molar-refractivity contribution in [2.75, 3.05) is 13.2 Å². The molecule has 1 aromatic carbocycles. The summed E-state index contributed by atoms with van der Waals surface area (Å²) >= 11 is 0. The topological polar surface area (TPSA) is 70.3 Å². The summed E-state index contributed by atoms with van der Waals surface area (Å²) in [5.74, 6) is 0.305. The molecule has 0 unspecified atom stereocenters. The molecular formula is C18H20N2O4. The van der Waals surface area contributed by atoms with Crippen molar-refractivity contribution in [2.24, 2.45) is 5.92 Å². The number of benzene rings is 1. The molecule has 0 atom stereocenters. The number of hydrogen-bond donors (Lipinski definition) is 0. The van der Waals surface area contributed by atoms with Crippen LogP contribution in [0.3, 0.4) is 0 Å². The molecule has 0 radical (unpaired) electrons. The van der Waals surface area contributed by atoms with Crippen molar-refractivity contribution in [1.29, 1.82) is 0 Å². The number of ether oxygens (including phenoxy) is 1. The van der Waals surface area contributed by atoms with Gasteiger partial charge in [-0.25, -0.2) is 9.36 Å². The average Bonchev–Trinajstić information content (AvgIpc) is 2.60. The quantitative estimate of drug-likeness (QED) is 0.799. The van der Waals surface area contributed by atoms with Gasteiger partial charge in [-0.2, -0.15) is 0 Å². The molecule has 2 heterocycles. The van der Waals surface area contributed by atoms with Crippen LogP contribution in [0.25, 0.3) is 5.69 Å². The van der Waals surface area contributed by atoms with Gasteiger partial charge in [-0.1, -0.05) is 17.7 Å². The lowest BCUT2D eigenvalue weighted by molar-refractivity contribution is 0.0607. The fourth-order valence-electron chi connectivity index (χ4n) is 2.96. The number of aromatic nitrogens is 2. The maximum atomic E-state index is 12.8. The second-order valence-electron chi connectivity index (χ2n) is 6.17. The summed E-state index contributed by atoms with van der Waals surface area (Å²) < 4.78 is 7.88. The van der Waals surface area contributed by atoms with Crippen molar-refractivity contribution in [3.63, 3.8) is 0 Å². The van der Waals surface area contributed by atoms with Gasteiger partial charge in [0, 0.05) is 26.0 Å². The van der Waals surface area contributed by atoms with Crippen LogP contribution in [-0.2, 0) is 11.3 Å². The van der Waals surface area contributed by atoms with Crippen LogP contribution < -0.4 is 11.2 Å². The average molecular weight is 328 g/mol. The largest absolute Gasteiger partial charge is 0.381 e. The maximum Gasteiger partial charge on any atom is 0.335 e. The highest BCUT2D eigenvalue weighted by atomic mass is 16.5. The van der Waals surface area contributed by atoms with Gasteiger partial charge in [0.25, 0.3) is 5.56 Å². The minimum absolute atomic E-state index is 0.0118. The van der Waals surface area contributed by atoms with E-state index < -0.39 is 11.2 Å². The van der Waals surface area contributed by atoms with Crippen molar-refractivity contribution in [3.05, 3.63) is 62.4 Å². The zero-order valence-electron chi connectivity index (χ0n) is 13.6. The summed E-state index contributed by atoms with van der Waals surface area (Å²) in [6, 6.07) is 7.09. The van der Waals surface area contributed by atoms with Gasteiger partial charge in [-0.05, 0) is 37.8 Å². The van der Waals surface area contributed by atoms with E-state index >= 15 is 0 Å². The fraction of sp³-hybridized carbons (Fsp3) is 0.389. The molecule has 1 saturated heterocycles. The molecule has 126 valence electrons. The van der Waals surface area contributed by atoms with E-state index in [0.717, 1.165) is 23.0 Å². The summed E-state index contributed by atoms with van der Waals surface area (Å²) in [6.45, 7) is 3.77. The minimum atomic E-state index is -0.581. The summed E-state index contributed by atoms with van der Waals surface area (Å²) in [7, 11) is 0. The van der Waals surface area contributed by atoms with Crippen molar-refractivity contribution >= 4 is 6.29 Å². The molecule has 0 saturated carbocycles. The molecule has 0 bridgehead atoms. The first-order valence-corrected chi connectivity index (χ1v) is 8.06. The molecular weight excluding hydrogens is 308 g/mol. The number of aldehydes is 1. The van der Waals surface area contributed by atoms with Crippen LogP contribution in [0.5, 0.6) is 0 Å². The Labute approximate surface area is 139 Å². The molecule has 1 aliphatic rings. The predicted octanol–water partition coefficient (Wildman–Crippen LogP) is 1.55. The number of hydrogen-bond acceptors (Lipinski definition) is 4. The van der Waals surface area contributed by atoms with Crippen LogP contribution in [0.4, 0.5) is 0 Å². The van der Waals surface area contributed by atoms with Crippen LogP contribution in [0.2, 0.25) is 0 Å². The van der Waals surface area contributed by atoms with Crippen molar-refractivity contribution in [1.82, 2.24) is 9.13 Å². The predicted molar refractivity (Wildman–Crippen MR) is 90.0 cm³/mol. The zero-order chi connectivity index (χ0) is 17.1. The van der Waals surface area contributed by atoms with Crippen molar-refractivity contribution in [2.45, 2.75) is 26.3 Å². The van der Waals surface area contributed by atoms with Gasteiger partial charge < -0.3 is 4.74 Å². The zero-order valence-corrected chi connectivity index (χ0v) is 13.6. The Hall–Kier alpha value is -2.47. The van der Waals surface area contributed by atoms with Gasteiger partial charge in [0.1, 0.15) is 0 Å². The Morgan fingerprint density at radius 2 is 1.83 bits per heavy atom. The first-order chi connectivity index (χ1) is 11.6. The third-order valence-corrected chi connectivity index (χ3v) is 4.40. The Bertz CT molecular complexity index is 843. The molecule has 2 aromatic rings. The van der Waals surface area contributed by atoms with E-state index in [1.807, 2.05) is 19.1 Å². The molecule has 1 fully saturated rings. The van der Waals surface area contributed by atoms with E-state index in [-0.39, 0.29) is 5.56 Å². The van der Waals surface area contributed by atoms with Crippen LogP contribution >= 0.6 is 0 Å². The summed E-state index contributed by atoms with van der Waals surface area (Å²) in [6.07, 6.45) is 3.61. The lowest BCUT2D eigenvalue weighted by Crippen LogP contribution is -2.41. The number of carbonyl (C=O) groups excluding carboxylic acids is 1. The molecule has 1 aromatic heterocycles. The maximum absolute atomic E-state index is 12.8. The molecule has 1 aliphatic heterocycles. The summed E-state index contributed by atoms with van der Waals surface area (Å²) in [5.41, 5.74) is 0.492. The van der Waals surface area contributed by atoms with Crippen molar-refractivity contribution in [3.8, 4) is 5.69 Å². The monoisotopic (exact) mass is 328 g/mol. The fourth-order valence-corrected chi connectivity index (χ4v) is 2.96. The van der Waals surface area contributed by atoms with Gasteiger partial charge in [-0.3, -0.25) is 14.2 Å². The Morgan fingerprint density at radius 3 is 2.46 bits per heavy atom. The lowest BCUT2D eigenvalue weighted by atomic mass is 10.0. The number of carbonyl (C=O) groups is 1. The third-order valence-electron chi connectivity index (χ3n) is 4.40.